The van der Waals surface area contributed by atoms with Gasteiger partial charge >= 0.3 is 0 Å². The van der Waals surface area contributed by atoms with Crippen LogP contribution in [0, 0.1) is 13.8 Å². The number of nitrogens with one attached hydrogen (secondary N) is 1. The molecule has 0 heterocycles. The molecule has 1 aromatic carbocycles. The van der Waals surface area contributed by atoms with Crippen LogP contribution in [0.25, 0.3) is 0 Å². The molecule has 1 aromatic rings. The van der Waals surface area contributed by atoms with E-state index < -0.39 is 5.60 Å². The van der Waals surface area contributed by atoms with Crippen LogP contribution in [0.3, 0.4) is 0 Å². The lowest BCUT2D eigenvalue weighted by atomic mass is 10.0. The van der Waals surface area contributed by atoms with Gasteiger partial charge in [-0.15, -0.1) is 0 Å². The third-order valence-corrected chi connectivity index (χ3v) is 3.54. The Kier molecular flexibility index (Phi) is 5.57. The average molecular weight is 279 g/mol. The number of carbonyl (C=O) groups excluding carboxylic acids is 1. The largest absolute Gasteiger partial charge is 0.496 e. The van der Waals surface area contributed by atoms with Crippen molar-refractivity contribution in [2.24, 2.45) is 0 Å². The monoisotopic (exact) mass is 279 g/mol. The van der Waals surface area contributed by atoms with Gasteiger partial charge < -0.3 is 14.8 Å². The fourth-order valence-electron chi connectivity index (χ4n) is 2.25. The summed E-state index contributed by atoms with van der Waals surface area (Å²) < 4.78 is 10.9. The van der Waals surface area contributed by atoms with E-state index in [4.69, 9.17) is 9.47 Å². The van der Waals surface area contributed by atoms with Gasteiger partial charge in [-0.3, -0.25) is 4.79 Å². The predicted molar refractivity (Wildman–Crippen MR) is 81.4 cm³/mol. The van der Waals surface area contributed by atoms with Gasteiger partial charge in [-0.05, 0) is 57.4 Å². The van der Waals surface area contributed by atoms with Gasteiger partial charge in [0.15, 0.2) is 0 Å². The Labute approximate surface area is 121 Å². The SMILES string of the molecule is CCO[C@@](C)(CC)C(=O)Nc1cc(C)c(OC)c(C)c1. The predicted octanol–water partition coefficient (Wildman–Crippen LogP) is 3.46. The lowest BCUT2D eigenvalue weighted by Gasteiger charge is -2.27. The Bertz CT molecular complexity index is 462. The zero-order valence-electron chi connectivity index (χ0n) is 13.3. The highest BCUT2D eigenvalue weighted by molar-refractivity contribution is 5.97. The maximum Gasteiger partial charge on any atom is 0.256 e. The van der Waals surface area contributed by atoms with Crippen molar-refractivity contribution >= 4 is 11.6 Å². The van der Waals surface area contributed by atoms with Crippen molar-refractivity contribution in [1.82, 2.24) is 0 Å². The van der Waals surface area contributed by atoms with E-state index in [2.05, 4.69) is 5.32 Å². The highest BCUT2D eigenvalue weighted by Gasteiger charge is 2.31. The number of amides is 1. The first kappa shape index (κ1) is 16.5. The first-order valence-electron chi connectivity index (χ1n) is 6.98. The summed E-state index contributed by atoms with van der Waals surface area (Å²) in [6.45, 7) is 10.1. The maximum absolute atomic E-state index is 12.4. The molecule has 112 valence electrons. The molecular weight excluding hydrogens is 254 g/mol. The number of hydrogen-bond acceptors (Lipinski definition) is 3. The minimum Gasteiger partial charge on any atom is -0.496 e. The Balaban J connectivity index is 2.96. The van der Waals surface area contributed by atoms with Crippen molar-refractivity contribution in [2.75, 3.05) is 19.0 Å². The highest BCUT2D eigenvalue weighted by atomic mass is 16.5. The Morgan fingerprint density at radius 3 is 2.20 bits per heavy atom. The molecule has 1 amide bonds. The van der Waals surface area contributed by atoms with Gasteiger partial charge in [-0.25, -0.2) is 0 Å². The number of methoxy groups -OCH3 is 1. The molecular formula is C16H25NO3. The number of carbonyl (C=O) groups is 1. The molecule has 0 radical (unpaired) electrons. The highest BCUT2D eigenvalue weighted by Crippen LogP contribution is 2.27. The summed E-state index contributed by atoms with van der Waals surface area (Å²) in [7, 11) is 1.65. The van der Waals surface area contributed by atoms with E-state index in [0.717, 1.165) is 22.6 Å². The van der Waals surface area contributed by atoms with Gasteiger partial charge in [0, 0.05) is 12.3 Å². The molecule has 4 nitrogen and oxygen atoms in total. The number of aryl methyl sites for hydroxylation is 2. The molecule has 0 unspecified atom stereocenters. The van der Waals surface area contributed by atoms with Gasteiger partial charge in [-0.1, -0.05) is 6.92 Å². The minimum atomic E-state index is -0.795. The van der Waals surface area contributed by atoms with E-state index in [0.29, 0.717) is 13.0 Å². The van der Waals surface area contributed by atoms with Crippen molar-refractivity contribution in [2.45, 2.75) is 46.6 Å². The minimum absolute atomic E-state index is 0.120. The molecule has 0 aliphatic carbocycles. The van der Waals surface area contributed by atoms with Crippen LogP contribution in [0.2, 0.25) is 0 Å². The number of anilines is 1. The molecule has 0 aromatic heterocycles. The van der Waals surface area contributed by atoms with Crippen LogP contribution in [-0.2, 0) is 9.53 Å². The maximum atomic E-state index is 12.4. The molecule has 0 aliphatic rings. The fourth-order valence-corrected chi connectivity index (χ4v) is 2.25. The second kappa shape index (κ2) is 6.75. The second-order valence-electron chi connectivity index (χ2n) is 5.11. The molecule has 0 saturated heterocycles. The first-order chi connectivity index (χ1) is 9.37. The average Bonchev–Trinajstić information content (AvgIpc) is 2.38. The van der Waals surface area contributed by atoms with Crippen molar-refractivity contribution in [3.8, 4) is 5.75 Å². The zero-order valence-corrected chi connectivity index (χ0v) is 13.3. The molecule has 4 heteroatoms. The van der Waals surface area contributed by atoms with Crippen LogP contribution in [-0.4, -0.2) is 25.2 Å². The van der Waals surface area contributed by atoms with Gasteiger partial charge in [0.2, 0.25) is 0 Å². The van der Waals surface area contributed by atoms with Crippen LogP contribution < -0.4 is 10.1 Å². The number of hydrogen-bond donors (Lipinski definition) is 1. The Hall–Kier alpha value is -1.55. The molecule has 0 saturated carbocycles. The molecule has 0 bridgehead atoms. The second-order valence-corrected chi connectivity index (χ2v) is 5.11. The standard InChI is InChI=1S/C16H25NO3/c1-7-16(5,20-8-2)15(18)17-13-9-11(3)14(19-6)12(4)10-13/h9-10H,7-8H2,1-6H3,(H,17,18)/t16-/m0/s1. The topological polar surface area (TPSA) is 47.6 Å². The summed E-state index contributed by atoms with van der Waals surface area (Å²) in [4.78, 5) is 12.4. The van der Waals surface area contributed by atoms with E-state index in [1.807, 2.05) is 46.8 Å². The summed E-state index contributed by atoms with van der Waals surface area (Å²) in [5.74, 6) is 0.733. The molecule has 1 N–H and O–H groups in total. The van der Waals surface area contributed by atoms with Gasteiger partial charge in [0.25, 0.3) is 5.91 Å². The van der Waals surface area contributed by atoms with Crippen LogP contribution in [0.4, 0.5) is 5.69 Å². The third-order valence-electron chi connectivity index (χ3n) is 3.54. The van der Waals surface area contributed by atoms with Crippen molar-refractivity contribution < 1.29 is 14.3 Å². The van der Waals surface area contributed by atoms with E-state index in [1.165, 1.54) is 0 Å². The van der Waals surface area contributed by atoms with Gasteiger partial charge in [0.1, 0.15) is 11.4 Å². The molecule has 1 atom stereocenters. The van der Waals surface area contributed by atoms with E-state index in [1.54, 1.807) is 7.11 Å². The zero-order chi connectivity index (χ0) is 15.3. The summed E-state index contributed by atoms with van der Waals surface area (Å²) in [5, 5.41) is 2.93. The molecule has 20 heavy (non-hydrogen) atoms. The summed E-state index contributed by atoms with van der Waals surface area (Å²) >= 11 is 0. The molecule has 0 aliphatic heterocycles. The van der Waals surface area contributed by atoms with E-state index >= 15 is 0 Å². The van der Waals surface area contributed by atoms with Crippen molar-refractivity contribution in [1.29, 1.82) is 0 Å². The Morgan fingerprint density at radius 2 is 1.80 bits per heavy atom. The lowest BCUT2D eigenvalue weighted by Crippen LogP contribution is -2.42. The van der Waals surface area contributed by atoms with Crippen molar-refractivity contribution in [3.05, 3.63) is 23.3 Å². The molecule has 0 spiro atoms. The Morgan fingerprint density at radius 1 is 1.25 bits per heavy atom. The fraction of sp³-hybridized carbons (Fsp3) is 0.562. The smallest absolute Gasteiger partial charge is 0.256 e. The lowest BCUT2D eigenvalue weighted by molar-refractivity contribution is -0.139. The van der Waals surface area contributed by atoms with E-state index in [9.17, 15) is 4.79 Å². The first-order valence-corrected chi connectivity index (χ1v) is 6.98. The van der Waals surface area contributed by atoms with E-state index in [-0.39, 0.29) is 5.91 Å². The summed E-state index contributed by atoms with van der Waals surface area (Å²) in [6, 6.07) is 3.82. The van der Waals surface area contributed by atoms with Gasteiger partial charge in [-0.2, -0.15) is 0 Å². The molecule has 1 rings (SSSR count). The normalized spacial score (nSPS) is 13.7. The van der Waals surface area contributed by atoms with Crippen molar-refractivity contribution in [3.63, 3.8) is 0 Å². The summed E-state index contributed by atoms with van der Waals surface area (Å²) in [5.41, 5.74) is 1.97. The number of ether oxygens (including phenoxy) is 2. The quantitative estimate of drug-likeness (QED) is 0.867. The van der Waals surface area contributed by atoms with Crippen LogP contribution >= 0.6 is 0 Å². The van der Waals surface area contributed by atoms with Crippen LogP contribution in [0.5, 0.6) is 5.75 Å². The van der Waals surface area contributed by atoms with Gasteiger partial charge in [0.05, 0.1) is 7.11 Å². The summed E-state index contributed by atoms with van der Waals surface area (Å²) in [6.07, 6.45) is 0.626. The van der Waals surface area contributed by atoms with Crippen LogP contribution in [0.15, 0.2) is 12.1 Å². The third kappa shape index (κ3) is 3.51. The number of benzene rings is 1. The molecule has 0 fully saturated rings. The number of rotatable bonds is 6. The van der Waals surface area contributed by atoms with Crippen LogP contribution in [0.1, 0.15) is 38.3 Å².